The molecule has 32 heavy (non-hydrogen) atoms. The molecular weight excluding hydrogens is 452 g/mol. The van der Waals surface area contributed by atoms with Gasteiger partial charge in [0.15, 0.2) is 5.69 Å². The Morgan fingerprint density at radius 1 is 1.00 bits per heavy atom. The van der Waals surface area contributed by atoms with Crippen LogP contribution in [0.4, 0.5) is 0 Å². The predicted molar refractivity (Wildman–Crippen MR) is 123 cm³/mol. The third-order valence-corrected chi connectivity index (χ3v) is 7.61. The first kappa shape index (κ1) is 22.4. The number of carbonyl (C=O) groups excluding carboxylic acids is 1. The van der Waals surface area contributed by atoms with E-state index in [0.717, 1.165) is 0 Å². The van der Waals surface area contributed by atoms with E-state index in [9.17, 15) is 18.0 Å². The number of benzene rings is 2. The molecule has 1 aliphatic heterocycles. The number of hydrogen-bond acceptors (Lipinski definition) is 5. The second-order valence-corrected chi connectivity index (χ2v) is 10.3. The van der Waals surface area contributed by atoms with Crippen molar-refractivity contribution in [3.8, 4) is 0 Å². The topological polar surface area (TPSA) is 92.6 Å². The fourth-order valence-electron chi connectivity index (χ4n) is 3.77. The van der Waals surface area contributed by atoms with Gasteiger partial charge in [0.25, 0.3) is 11.5 Å². The summed E-state index contributed by atoms with van der Waals surface area (Å²) in [5.74, 6) is -0.324. The van der Waals surface area contributed by atoms with E-state index in [-0.39, 0.29) is 54.3 Å². The van der Waals surface area contributed by atoms with Crippen molar-refractivity contribution in [3.05, 3.63) is 69.6 Å². The maximum absolute atomic E-state index is 13.3. The molecule has 0 spiro atoms. The van der Waals surface area contributed by atoms with Crippen LogP contribution < -0.4 is 5.56 Å². The van der Waals surface area contributed by atoms with Crippen LogP contribution in [0.5, 0.6) is 0 Å². The maximum Gasteiger partial charge on any atom is 0.275 e. The molecule has 0 saturated carbocycles. The molecule has 168 valence electrons. The minimum absolute atomic E-state index is 0.126. The van der Waals surface area contributed by atoms with E-state index in [1.54, 1.807) is 41.3 Å². The zero-order chi connectivity index (χ0) is 23.0. The van der Waals surface area contributed by atoms with Gasteiger partial charge in [-0.3, -0.25) is 9.59 Å². The van der Waals surface area contributed by atoms with E-state index >= 15 is 0 Å². The molecule has 1 aromatic heterocycles. The van der Waals surface area contributed by atoms with Crippen LogP contribution in [-0.4, -0.2) is 59.5 Å². The second kappa shape index (κ2) is 8.65. The highest BCUT2D eigenvalue weighted by molar-refractivity contribution is 7.89. The Labute approximate surface area is 191 Å². The van der Waals surface area contributed by atoms with Gasteiger partial charge in [-0.15, -0.1) is 0 Å². The van der Waals surface area contributed by atoms with Crippen LogP contribution in [0.15, 0.2) is 58.2 Å². The molecule has 8 nitrogen and oxygen atoms in total. The Morgan fingerprint density at radius 2 is 1.66 bits per heavy atom. The van der Waals surface area contributed by atoms with Crippen LogP contribution in [0.3, 0.4) is 0 Å². The van der Waals surface area contributed by atoms with Crippen LogP contribution in [0.2, 0.25) is 5.02 Å². The third kappa shape index (κ3) is 4.03. The number of halogens is 1. The van der Waals surface area contributed by atoms with Crippen molar-refractivity contribution in [2.24, 2.45) is 0 Å². The van der Waals surface area contributed by atoms with Gasteiger partial charge in [-0.1, -0.05) is 35.9 Å². The first-order chi connectivity index (χ1) is 15.2. The molecule has 0 radical (unpaired) electrons. The largest absolute Gasteiger partial charge is 0.335 e. The van der Waals surface area contributed by atoms with E-state index in [2.05, 4.69) is 5.10 Å². The minimum Gasteiger partial charge on any atom is -0.335 e. The monoisotopic (exact) mass is 474 g/mol. The molecular formula is C22H23ClN4O4S. The molecule has 2 heterocycles. The van der Waals surface area contributed by atoms with Crippen molar-refractivity contribution >= 4 is 38.3 Å². The summed E-state index contributed by atoms with van der Waals surface area (Å²) in [4.78, 5) is 27.8. The first-order valence-corrected chi connectivity index (χ1v) is 12.1. The maximum atomic E-state index is 13.3. The van der Waals surface area contributed by atoms with Crippen LogP contribution in [-0.2, 0) is 10.0 Å². The first-order valence-electron chi connectivity index (χ1n) is 10.3. The van der Waals surface area contributed by atoms with Crippen molar-refractivity contribution < 1.29 is 13.2 Å². The summed E-state index contributed by atoms with van der Waals surface area (Å²) in [5, 5.41) is 5.64. The lowest BCUT2D eigenvalue weighted by Crippen LogP contribution is -2.50. The van der Waals surface area contributed by atoms with Gasteiger partial charge in [-0.2, -0.15) is 9.40 Å². The van der Waals surface area contributed by atoms with Crippen molar-refractivity contribution in [1.82, 2.24) is 19.0 Å². The number of fused-ring (bicyclic) bond motifs is 1. The molecule has 0 N–H and O–H groups in total. The molecule has 1 fully saturated rings. The molecule has 4 rings (SSSR count). The Bertz CT molecular complexity index is 1350. The molecule has 1 aliphatic rings. The van der Waals surface area contributed by atoms with Gasteiger partial charge in [0.1, 0.15) is 0 Å². The summed E-state index contributed by atoms with van der Waals surface area (Å²) in [5.41, 5.74) is -0.0513. The van der Waals surface area contributed by atoms with Crippen molar-refractivity contribution in [1.29, 1.82) is 0 Å². The van der Waals surface area contributed by atoms with Crippen molar-refractivity contribution in [2.75, 3.05) is 26.2 Å². The second-order valence-electron chi connectivity index (χ2n) is 7.89. The predicted octanol–water partition coefficient (Wildman–Crippen LogP) is 2.78. The number of hydrogen-bond donors (Lipinski definition) is 0. The zero-order valence-corrected chi connectivity index (χ0v) is 19.3. The van der Waals surface area contributed by atoms with Gasteiger partial charge < -0.3 is 4.90 Å². The fraction of sp³-hybridized carbons (Fsp3) is 0.318. The average Bonchev–Trinajstić information content (AvgIpc) is 2.79. The smallest absolute Gasteiger partial charge is 0.275 e. The van der Waals surface area contributed by atoms with Gasteiger partial charge in [0, 0.05) is 36.6 Å². The highest BCUT2D eigenvalue weighted by Crippen LogP contribution is 2.22. The number of rotatable bonds is 4. The van der Waals surface area contributed by atoms with E-state index < -0.39 is 10.0 Å². The summed E-state index contributed by atoms with van der Waals surface area (Å²) < 4.78 is 28.5. The van der Waals surface area contributed by atoms with E-state index in [1.165, 1.54) is 21.1 Å². The van der Waals surface area contributed by atoms with Crippen molar-refractivity contribution in [3.63, 3.8) is 0 Å². The van der Waals surface area contributed by atoms with E-state index in [1.807, 2.05) is 13.8 Å². The minimum atomic E-state index is -3.71. The van der Waals surface area contributed by atoms with Gasteiger partial charge in [0.05, 0.1) is 16.3 Å². The Balaban J connectivity index is 1.60. The van der Waals surface area contributed by atoms with Gasteiger partial charge >= 0.3 is 0 Å². The quantitative estimate of drug-likeness (QED) is 0.579. The third-order valence-electron chi connectivity index (χ3n) is 5.48. The molecule has 1 amide bonds. The van der Waals surface area contributed by atoms with Crippen LogP contribution in [0, 0.1) is 0 Å². The van der Waals surface area contributed by atoms with Gasteiger partial charge in [-0.05, 0) is 38.1 Å². The Hall–Kier alpha value is -2.75. The number of piperazine rings is 1. The molecule has 3 aromatic rings. The van der Waals surface area contributed by atoms with Gasteiger partial charge in [-0.25, -0.2) is 13.1 Å². The average molecular weight is 475 g/mol. The molecule has 1 saturated heterocycles. The standard InChI is InChI=1S/C22H23ClN4O4S/c1-15(2)27-21(28)19-9-4-3-8-18(19)20(24-27)22(29)25-10-12-26(13-11-25)32(30,31)17-7-5-6-16(23)14-17/h3-9,14-15H,10-13H2,1-2H3. The number of carbonyl (C=O) groups is 1. The lowest BCUT2D eigenvalue weighted by Gasteiger charge is -2.34. The summed E-state index contributed by atoms with van der Waals surface area (Å²) in [6.07, 6.45) is 0. The highest BCUT2D eigenvalue weighted by Gasteiger charge is 2.32. The highest BCUT2D eigenvalue weighted by atomic mass is 35.5. The van der Waals surface area contributed by atoms with Gasteiger partial charge in [0.2, 0.25) is 10.0 Å². The van der Waals surface area contributed by atoms with Crippen LogP contribution >= 0.6 is 11.6 Å². The van der Waals surface area contributed by atoms with E-state index in [0.29, 0.717) is 15.8 Å². The summed E-state index contributed by atoms with van der Waals surface area (Å²) >= 11 is 5.95. The van der Waals surface area contributed by atoms with E-state index in [4.69, 9.17) is 11.6 Å². The normalized spacial score (nSPS) is 15.4. The zero-order valence-electron chi connectivity index (χ0n) is 17.7. The number of aromatic nitrogens is 2. The molecule has 0 atom stereocenters. The Morgan fingerprint density at radius 3 is 2.28 bits per heavy atom. The number of amides is 1. The Kier molecular flexibility index (Phi) is 6.07. The number of sulfonamides is 1. The lowest BCUT2D eigenvalue weighted by atomic mass is 10.1. The summed E-state index contributed by atoms with van der Waals surface area (Å²) in [6.45, 7) is 4.41. The summed E-state index contributed by atoms with van der Waals surface area (Å²) in [7, 11) is -3.71. The molecule has 10 heteroatoms. The van der Waals surface area contributed by atoms with Crippen LogP contribution in [0.1, 0.15) is 30.4 Å². The fourth-order valence-corrected chi connectivity index (χ4v) is 5.50. The molecule has 2 aromatic carbocycles. The summed E-state index contributed by atoms with van der Waals surface area (Å²) in [6, 6.07) is 12.8. The molecule has 0 aliphatic carbocycles. The SMILES string of the molecule is CC(C)n1nc(C(=O)N2CCN(S(=O)(=O)c3cccc(Cl)c3)CC2)c2ccccc2c1=O. The van der Waals surface area contributed by atoms with Crippen LogP contribution in [0.25, 0.3) is 10.8 Å². The number of nitrogens with zero attached hydrogens (tertiary/aromatic N) is 4. The lowest BCUT2D eigenvalue weighted by molar-refractivity contribution is 0.0691. The molecule has 0 bridgehead atoms. The molecule has 0 unspecified atom stereocenters. The van der Waals surface area contributed by atoms with Crippen molar-refractivity contribution in [2.45, 2.75) is 24.8 Å².